The maximum absolute atomic E-state index is 12.5. The van der Waals surface area contributed by atoms with Gasteiger partial charge in [-0.05, 0) is 37.5 Å². The summed E-state index contributed by atoms with van der Waals surface area (Å²) >= 11 is 0. The van der Waals surface area contributed by atoms with Gasteiger partial charge >= 0.3 is 0 Å². The van der Waals surface area contributed by atoms with Gasteiger partial charge < -0.3 is 10.6 Å². The highest BCUT2D eigenvalue weighted by Gasteiger charge is 2.26. The maximum atomic E-state index is 12.5. The van der Waals surface area contributed by atoms with Crippen molar-refractivity contribution in [3.05, 3.63) is 35.4 Å². The molecular weight excluding hydrogens is 312 g/mol. The molecule has 2 rings (SSSR count). The summed E-state index contributed by atoms with van der Waals surface area (Å²) in [6, 6.07) is 6.78. The third-order valence-electron chi connectivity index (χ3n) is 4.18. The largest absolute Gasteiger partial charge is 0.366 e. The molecule has 2 amide bonds. The first-order valence-electron chi connectivity index (χ1n) is 8.03. The Hall–Kier alpha value is -1.69. The molecule has 1 saturated heterocycles. The lowest BCUT2D eigenvalue weighted by atomic mass is 10.1. The SMILES string of the molecule is C[C@H](C(=O)N1CCCCCC1)[S@](=O)Cc1cccc(C(N)=O)c1. The van der Waals surface area contributed by atoms with E-state index in [2.05, 4.69) is 0 Å². The van der Waals surface area contributed by atoms with Crippen LogP contribution in [0.2, 0.25) is 0 Å². The summed E-state index contributed by atoms with van der Waals surface area (Å²) in [5.41, 5.74) is 6.41. The summed E-state index contributed by atoms with van der Waals surface area (Å²) in [4.78, 5) is 25.6. The minimum atomic E-state index is -1.32. The molecule has 2 N–H and O–H groups in total. The van der Waals surface area contributed by atoms with E-state index in [1.807, 2.05) is 4.90 Å². The second-order valence-electron chi connectivity index (χ2n) is 5.97. The van der Waals surface area contributed by atoms with Crippen molar-refractivity contribution in [2.45, 2.75) is 43.6 Å². The van der Waals surface area contributed by atoms with Crippen LogP contribution in [0.4, 0.5) is 0 Å². The van der Waals surface area contributed by atoms with Gasteiger partial charge in [-0.25, -0.2) is 0 Å². The number of rotatable bonds is 5. The number of likely N-dealkylation sites (tertiary alicyclic amines) is 1. The molecule has 1 aliphatic heterocycles. The van der Waals surface area contributed by atoms with Crippen LogP contribution in [-0.2, 0) is 21.3 Å². The number of primary amides is 1. The minimum Gasteiger partial charge on any atom is -0.366 e. The molecule has 0 aliphatic carbocycles. The van der Waals surface area contributed by atoms with E-state index >= 15 is 0 Å². The molecule has 126 valence electrons. The van der Waals surface area contributed by atoms with E-state index < -0.39 is 22.0 Å². The predicted molar refractivity (Wildman–Crippen MR) is 91.3 cm³/mol. The van der Waals surface area contributed by atoms with Gasteiger partial charge in [-0.2, -0.15) is 0 Å². The van der Waals surface area contributed by atoms with Crippen LogP contribution in [0, 0.1) is 0 Å². The lowest BCUT2D eigenvalue weighted by Crippen LogP contribution is -2.40. The smallest absolute Gasteiger partial charge is 0.248 e. The van der Waals surface area contributed by atoms with Crippen molar-refractivity contribution in [1.29, 1.82) is 0 Å². The molecule has 1 aromatic carbocycles. The van der Waals surface area contributed by atoms with E-state index in [1.165, 1.54) is 0 Å². The van der Waals surface area contributed by atoms with Crippen LogP contribution < -0.4 is 5.73 Å². The number of amides is 2. The number of hydrogen-bond donors (Lipinski definition) is 1. The molecule has 1 aromatic rings. The van der Waals surface area contributed by atoms with Crippen molar-refractivity contribution in [3.8, 4) is 0 Å². The third kappa shape index (κ3) is 4.89. The molecule has 23 heavy (non-hydrogen) atoms. The van der Waals surface area contributed by atoms with E-state index in [-0.39, 0.29) is 11.7 Å². The van der Waals surface area contributed by atoms with Gasteiger partial charge in [-0.15, -0.1) is 0 Å². The molecule has 6 heteroatoms. The zero-order chi connectivity index (χ0) is 16.8. The van der Waals surface area contributed by atoms with Crippen LogP contribution in [-0.4, -0.2) is 39.3 Å². The molecule has 1 heterocycles. The van der Waals surface area contributed by atoms with Crippen LogP contribution >= 0.6 is 0 Å². The highest BCUT2D eigenvalue weighted by molar-refractivity contribution is 7.85. The van der Waals surface area contributed by atoms with E-state index in [0.29, 0.717) is 5.56 Å². The Balaban J connectivity index is 2.00. The van der Waals surface area contributed by atoms with Gasteiger partial charge in [-0.1, -0.05) is 25.0 Å². The Bertz CT molecular complexity index is 595. The van der Waals surface area contributed by atoms with Gasteiger partial charge in [0, 0.05) is 35.2 Å². The fourth-order valence-corrected chi connectivity index (χ4v) is 3.90. The Morgan fingerprint density at radius 2 is 1.87 bits per heavy atom. The summed E-state index contributed by atoms with van der Waals surface area (Å²) in [6.45, 7) is 3.25. The van der Waals surface area contributed by atoms with Crippen molar-refractivity contribution >= 4 is 22.6 Å². The Morgan fingerprint density at radius 3 is 2.48 bits per heavy atom. The zero-order valence-electron chi connectivity index (χ0n) is 13.5. The molecular formula is C17H24N2O3S. The molecule has 5 nitrogen and oxygen atoms in total. The first kappa shape index (κ1) is 17.7. The molecule has 0 bridgehead atoms. The molecule has 0 spiro atoms. The second-order valence-corrected chi connectivity index (χ2v) is 7.73. The monoisotopic (exact) mass is 336 g/mol. The minimum absolute atomic E-state index is 0.0312. The molecule has 1 fully saturated rings. The summed E-state index contributed by atoms with van der Waals surface area (Å²) in [6.07, 6.45) is 4.35. The number of carbonyl (C=O) groups excluding carboxylic acids is 2. The zero-order valence-corrected chi connectivity index (χ0v) is 14.3. The van der Waals surface area contributed by atoms with E-state index in [9.17, 15) is 13.8 Å². The van der Waals surface area contributed by atoms with E-state index in [1.54, 1.807) is 31.2 Å². The predicted octanol–water partition coefficient (Wildman–Crippen LogP) is 1.83. The molecule has 0 saturated carbocycles. The fourth-order valence-electron chi connectivity index (χ4n) is 2.76. The van der Waals surface area contributed by atoms with Crippen molar-refractivity contribution in [3.63, 3.8) is 0 Å². The number of nitrogens with two attached hydrogens (primary N) is 1. The van der Waals surface area contributed by atoms with Crippen LogP contribution in [0.15, 0.2) is 24.3 Å². The summed E-state index contributed by atoms with van der Waals surface area (Å²) in [5, 5.41) is -0.537. The number of nitrogens with zero attached hydrogens (tertiary/aromatic N) is 1. The summed E-state index contributed by atoms with van der Waals surface area (Å²) in [7, 11) is -1.32. The topological polar surface area (TPSA) is 80.5 Å². The molecule has 0 radical (unpaired) electrons. The highest BCUT2D eigenvalue weighted by atomic mass is 32.2. The van der Waals surface area contributed by atoms with Gasteiger partial charge in [0.15, 0.2) is 0 Å². The lowest BCUT2D eigenvalue weighted by Gasteiger charge is -2.23. The van der Waals surface area contributed by atoms with Gasteiger partial charge in [0.1, 0.15) is 5.25 Å². The Morgan fingerprint density at radius 1 is 1.22 bits per heavy atom. The highest BCUT2D eigenvalue weighted by Crippen LogP contribution is 2.15. The average Bonchev–Trinajstić information content (AvgIpc) is 2.82. The maximum Gasteiger partial charge on any atom is 0.248 e. The number of carbonyl (C=O) groups is 2. The quantitative estimate of drug-likeness (QED) is 0.890. The lowest BCUT2D eigenvalue weighted by molar-refractivity contribution is -0.130. The Labute approximate surface area is 139 Å². The second kappa shape index (κ2) is 8.24. The fraction of sp³-hybridized carbons (Fsp3) is 0.529. The standard InChI is InChI=1S/C17H24N2O3S/c1-13(17(21)19-9-4-2-3-5-10-19)23(22)12-14-7-6-8-15(11-14)16(18)20/h6-8,11,13H,2-5,9-10,12H2,1H3,(H2,18,20)/t13-,23-/m1/s1. The third-order valence-corrected chi connectivity index (χ3v) is 5.79. The van der Waals surface area contributed by atoms with Crippen LogP contribution in [0.25, 0.3) is 0 Å². The van der Waals surface area contributed by atoms with Crippen LogP contribution in [0.5, 0.6) is 0 Å². The summed E-state index contributed by atoms with van der Waals surface area (Å²) in [5.74, 6) is -0.287. The normalized spacial score (nSPS) is 18.0. The first-order chi connectivity index (χ1) is 11.0. The molecule has 2 atom stereocenters. The van der Waals surface area contributed by atoms with Crippen molar-refractivity contribution < 1.29 is 13.8 Å². The van der Waals surface area contributed by atoms with E-state index in [4.69, 9.17) is 5.73 Å². The Kier molecular flexibility index (Phi) is 6.33. The summed E-state index contributed by atoms with van der Waals surface area (Å²) < 4.78 is 12.5. The number of benzene rings is 1. The van der Waals surface area contributed by atoms with Gasteiger partial charge in [0.05, 0.1) is 0 Å². The van der Waals surface area contributed by atoms with Gasteiger partial charge in [0.2, 0.25) is 11.8 Å². The van der Waals surface area contributed by atoms with Crippen LogP contribution in [0.3, 0.4) is 0 Å². The number of hydrogen-bond acceptors (Lipinski definition) is 3. The van der Waals surface area contributed by atoms with Crippen molar-refractivity contribution in [2.24, 2.45) is 5.73 Å². The van der Waals surface area contributed by atoms with Gasteiger partial charge in [0.25, 0.3) is 0 Å². The first-order valence-corrected chi connectivity index (χ1v) is 9.42. The van der Waals surface area contributed by atoms with Crippen LogP contribution in [0.1, 0.15) is 48.5 Å². The van der Waals surface area contributed by atoms with Crippen molar-refractivity contribution in [2.75, 3.05) is 13.1 Å². The average molecular weight is 336 g/mol. The molecule has 0 aromatic heterocycles. The molecule has 1 aliphatic rings. The van der Waals surface area contributed by atoms with E-state index in [0.717, 1.165) is 44.3 Å². The molecule has 0 unspecified atom stereocenters. The van der Waals surface area contributed by atoms with Gasteiger partial charge in [-0.3, -0.25) is 13.8 Å². The van der Waals surface area contributed by atoms with Crippen molar-refractivity contribution in [1.82, 2.24) is 4.90 Å².